The van der Waals surface area contributed by atoms with Crippen LogP contribution < -0.4 is 4.90 Å². The highest BCUT2D eigenvalue weighted by Gasteiger charge is 2.16. The summed E-state index contributed by atoms with van der Waals surface area (Å²) >= 11 is 0. The van der Waals surface area contributed by atoms with Crippen molar-refractivity contribution in [1.82, 2.24) is 0 Å². The SMILES string of the molecule is Cc1ccc(C(c2ccccc2)c2ccc(C=Cc3cccc(C=Cc4ccc(N(c5ccccc5)c5ccc(C)cc5)cc4)c3)cc2)cc1. The van der Waals surface area contributed by atoms with Gasteiger partial charge in [-0.3, -0.25) is 0 Å². The molecule has 1 unspecified atom stereocenters. The fourth-order valence-electron chi connectivity index (χ4n) is 6.39. The van der Waals surface area contributed by atoms with Crippen LogP contribution in [-0.2, 0) is 0 Å². The van der Waals surface area contributed by atoms with E-state index < -0.39 is 0 Å². The number of hydrogen-bond acceptors (Lipinski definition) is 1. The van der Waals surface area contributed by atoms with E-state index in [0.29, 0.717) is 0 Å². The molecule has 0 fully saturated rings. The fourth-order valence-corrected chi connectivity index (χ4v) is 6.39. The average molecular weight is 644 g/mol. The molecule has 0 N–H and O–H groups in total. The van der Waals surface area contributed by atoms with Gasteiger partial charge in [-0.25, -0.2) is 0 Å². The molecule has 0 saturated heterocycles. The molecule has 0 aliphatic carbocycles. The third-order valence-electron chi connectivity index (χ3n) is 9.12. The number of nitrogens with zero attached hydrogens (tertiary/aromatic N) is 1. The summed E-state index contributed by atoms with van der Waals surface area (Å²) in [6, 6.07) is 65.3. The monoisotopic (exact) mass is 643 g/mol. The van der Waals surface area contributed by atoms with Crippen LogP contribution in [-0.4, -0.2) is 0 Å². The van der Waals surface area contributed by atoms with Crippen molar-refractivity contribution in [1.29, 1.82) is 0 Å². The van der Waals surface area contributed by atoms with Crippen molar-refractivity contribution in [2.24, 2.45) is 0 Å². The highest BCUT2D eigenvalue weighted by atomic mass is 15.1. The van der Waals surface area contributed by atoms with Crippen molar-refractivity contribution < 1.29 is 0 Å². The molecule has 1 heteroatoms. The van der Waals surface area contributed by atoms with Gasteiger partial charge in [-0.2, -0.15) is 0 Å². The topological polar surface area (TPSA) is 3.24 Å². The quantitative estimate of drug-likeness (QED) is 0.106. The molecule has 0 aliphatic rings. The summed E-state index contributed by atoms with van der Waals surface area (Å²) in [6.45, 7) is 4.26. The first-order valence-electron chi connectivity index (χ1n) is 17.3. The summed E-state index contributed by atoms with van der Waals surface area (Å²) < 4.78 is 0. The summed E-state index contributed by atoms with van der Waals surface area (Å²) in [5.41, 5.74) is 14.5. The van der Waals surface area contributed by atoms with Gasteiger partial charge in [-0.1, -0.05) is 175 Å². The number of para-hydroxylation sites is 1. The first kappa shape index (κ1) is 32.4. The van der Waals surface area contributed by atoms with Crippen LogP contribution in [0.3, 0.4) is 0 Å². The Bertz CT molecular complexity index is 2020. The second kappa shape index (κ2) is 15.4. The molecule has 1 nitrogen and oxygen atoms in total. The third kappa shape index (κ3) is 7.92. The molecular formula is C49H41N. The van der Waals surface area contributed by atoms with Crippen LogP contribution in [0.25, 0.3) is 24.3 Å². The summed E-state index contributed by atoms with van der Waals surface area (Å²) in [6.07, 6.45) is 8.76. The van der Waals surface area contributed by atoms with Gasteiger partial charge in [-0.15, -0.1) is 0 Å². The molecular weight excluding hydrogens is 603 g/mol. The standard InChI is InChI=1S/C49H41N/c1-37-16-28-44(29-17-37)49(43-12-5-3-6-13-43)45-30-24-39(25-31-45)20-22-41-10-9-11-42(36-41)23-21-40-26-34-48(35-27-40)50(46-14-7-4-8-15-46)47-32-18-38(2)19-33-47/h3-36,49H,1-2H3. The normalized spacial score (nSPS) is 12.0. The van der Waals surface area contributed by atoms with E-state index in [1.807, 2.05) is 0 Å². The Balaban J connectivity index is 1.05. The predicted octanol–water partition coefficient (Wildman–Crippen LogP) is 13.3. The first-order chi connectivity index (χ1) is 24.6. The van der Waals surface area contributed by atoms with Crippen molar-refractivity contribution in [2.45, 2.75) is 19.8 Å². The van der Waals surface area contributed by atoms with Crippen LogP contribution in [0.4, 0.5) is 17.1 Å². The molecule has 0 aromatic heterocycles. The molecule has 0 amide bonds. The Kier molecular flexibility index (Phi) is 9.95. The largest absolute Gasteiger partial charge is 0.311 e. The zero-order valence-electron chi connectivity index (χ0n) is 28.7. The van der Waals surface area contributed by atoms with E-state index in [2.05, 4.69) is 225 Å². The maximum atomic E-state index is 2.29. The minimum absolute atomic E-state index is 0.200. The summed E-state index contributed by atoms with van der Waals surface area (Å²) in [5, 5.41) is 0. The van der Waals surface area contributed by atoms with Crippen LogP contribution in [0, 0.1) is 13.8 Å². The van der Waals surface area contributed by atoms with Gasteiger partial charge in [0.1, 0.15) is 0 Å². The van der Waals surface area contributed by atoms with Gasteiger partial charge in [0.05, 0.1) is 0 Å². The van der Waals surface area contributed by atoms with Crippen LogP contribution >= 0.6 is 0 Å². The zero-order valence-corrected chi connectivity index (χ0v) is 28.7. The highest BCUT2D eigenvalue weighted by Crippen LogP contribution is 2.35. The van der Waals surface area contributed by atoms with Crippen LogP contribution in [0.2, 0.25) is 0 Å². The second-order valence-corrected chi connectivity index (χ2v) is 12.9. The second-order valence-electron chi connectivity index (χ2n) is 12.9. The van der Waals surface area contributed by atoms with Crippen LogP contribution in [0.15, 0.2) is 182 Å². The van der Waals surface area contributed by atoms with E-state index >= 15 is 0 Å². The van der Waals surface area contributed by atoms with E-state index in [1.165, 1.54) is 44.5 Å². The molecule has 0 heterocycles. The lowest BCUT2D eigenvalue weighted by Gasteiger charge is -2.25. The predicted molar refractivity (Wildman–Crippen MR) is 215 cm³/mol. The molecule has 0 spiro atoms. The van der Waals surface area contributed by atoms with E-state index in [4.69, 9.17) is 0 Å². The molecule has 7 aromatic carbocycles. The Morgan fingerprint density at radius 2 is 0.720 bits per heavy atom. The summed E-state index contributed by atoms with van der Waals surface area (Å²) in [5.74, 6) is 0.200. The summed E-state index contributed by atoms with van der Waals surface area (Å²) in [4.78, 5) is 2.29. The van der Waals surface area contributed by atoms with Gasteiger partial charge in [0.2, 0.25) is 0 Å². The van der Waals surface area contributed by atoms with Gasteiger partial charge in [0, 0.05) is 23.0 Å². The molecule has 0 radical (unpaired) electrons. The summed E-state index contributed by atoms with van der Waals surface area (Å²) in [7, 11) is 0. The number of hydrogen-bond donors (Lipinski definition) is 0. The van der Waals surface area contributed by atoms with Gasteiger partial charge >= 0.3 is 0 Å². The number of rotatable bonds is 10. The van der Waals surface area contributed by atoms with Gasteiger partial charge in [0.25, 0.3) is 0 Å². The highest BCUT2D eigenvalue weighted by molar-refractivity contribution is 5.79. The molecule has 0 saturated carbocycles. The lowest BCUT2D eigenvalue weighted by molar-refractivity contribution is 0.976. The van der Waals surface area contributed by atoms with Crippen LogP contribution in [0.5, 0.6) is 0 Å². The molecule has 242 valence electrons. The maximum absolute atomic E-state index is 2.29. The van der Waals surface area contributed by atoms with Crippen molar-refractivity contribution in [3.8, 4) is 0 Å². The Morgan fingerprint density at radius 3 is 1.26 bits per heavy atom. The minimum Gasteiger partial charge on any atom is -0.311 e. The molecule has 50 heavy (non-hydrogen) atoms. The fraction of sp³-hybridized carbons (Fsp3) is 0.0612. The maximum Gasteiger partial charge on any atom is 0.0462 e. The Morgan fingerprint density at radius 1 is 0.340 bits per heavy atom. The van der Waals surface area contributed by atoms with Crippen molar-refractivity contribution in [2.75, 3.05) is 4.90 Å². The number of benzene rings is 7. The molecule has 0 bridgehead atoms. The third-order valence-corrected chi connectivity index (χ3v) is 9.12. The van der Waals surface area contributed by atoms with E-state index in [-0.39, 0.29) is 5.92 Å². The molecule has 0 aliphatic heterocycles. The number of aryl methyl sites for hydroxylation is 2. The average Bonchev–Trinajstić information content (AvgIpc) is 3.17. The van der Waals surface area contributed by atoms with Gasteiger partial charge < -0.3 is 4.90 Å². The molecule has 7 aromatic rings. The van der Waals surface area contributed by atoms with Crippen molar-refractivity contribution in [3.05, 3.63) is 232 Å². The lowest BCUT2D eigenvalue weighted by atomic mass is 9.84. The zero-order chi connectivity index (χ0) is 34.1. The Labute approximate surface area is 297 Å². The molecule has 7 rings (SSSR count). The molecule has 1 atom stereocenters. The number of anilines is 3. The smallest absolute Gasteiger partial charge is 0.0462 e. The lowest BCUT2D eigenvalue weighted by Crippen LogP contribution is -2.09. The van der Waals surface area contributed by atoms with E-state index in [9.17, 15) is 0 Å². The van der Waals surface area contributed by atoms with Crippen molar-refractivity contribution >= 4 is 41.4 Å². The Hall–Kier alpha value is -6.18. The minimum atomic E-state index is 0.200. The van der Waals surface area contributed by atoms with E-state index in [1.54, 1.807) is 0 Å². The van der Waals surface area contributed by atoms with Gasteiger partial charge in [0.15, 0.2) is 0 Å². The van der Waals surface area contributed by atoms with Gasteiger partial charge in [-0.05, 0) is 95.3 Å². The van der Waals surface area contributed by atoms with E-state index in [0.717, 1.165) is 22.6 Å². The van der Waals surface area contributed by atoms with Crippen molar-refractivity contribution in [3.63, 3.8) is 0 Å². The first-order valence-corrected chi connectivity index (χ1v) is 17.3. The van der Waals surface area contributed by atoms with Crippen LogP contribution in [0.1, 0.15) is 56.0 Å².